The Morgan fingerprint density at radius 1 is 1.42 bits per heavy atom. The first kappa shape index (κ1) is 13.3. The molecule has 6 heteroatoms. The SMILES string of the molecule is N#Cc1cc([N+](=O)[O-])cn(CC2CCCCC2)c1=O. The van der Waals surface area contributed by atoms with Gasteiger partial charge in [0.15, 0.2) is 0 Å². The lowest BCUT2D eigenvalue weighted by Gasteiger charge is -2.22. The summed E-state index contributed by atoms with van der Waals surface area (Å²) in [6, 6.07) is 2.77. The number of nitro groups is 1. The first-order valence-electron chi connectivity index (χ1n) is 6.41. The Morgan fingerprint density at radius 3 is 2.68 bits per heavy atom. The van der Waals surface area contributed by atoms with E-state index in [0.29, 0.717) is 12.5 Å². The minimum absolute atomic E-state index is 0.162. The topological polar surface area (TPSA) is 88.9 Å². The third-order valence-corrected chi connectivity index (χ3v) is 3.58. The lowest BCUT2D eigenvalue weighted by atomic mass is 9.89. The van der Waals surface area contributed by atoms with Crippen LogP contribution < -0.4 is 5.56 Å². The molecule has 1 saturated carbocycles. The zero-order valence-corrected chi connectivity index (χ0v) is 10.5. The third-order valence-electron chi connectivity index (χ3n) is 3.58. The molecule has 2 rings (SSSR count). The van der Waals surface area contributed by atoms with Crippen LogP contribution in [-0.4, -0.2) is 9.49 Å². The second-order valence-electron chi connectivity index (χ2n) is 4.94. The Balaban J connectivity index is 2.33. The Labute approximate surface area is 110 Å². The van der Waals surface area contributed by atoms with Crippen molar-refractivity contribution >= 4 is 5.69 Å². The average molecular weight is 261 g/mol. The fourth-order valence-electron chi connectivity index (χ4n) is 2.58. The third kappa shape index (κ3) is 2.99. The van der Waals surface area contributed by atoms with Gasteiger partial charge in [-0.1, -0.05) is 19.3 Å². The van der Waals surface area contributed by atoms with E-state index < -0.39 is 10.5 Å². The summed E-state index contributed by atoms with van der Waals surface area (Å²) in [5.74, 6) is 0.375. The van der Waals surface area contributed by atoms with Gasteiger partial charge in [0.05, 0.1) is 11.1 Å². The van der Waals surface area contributed by atoms with Gasteiger partial charge in [0.1, 0.15) is 11.6 Å². The quantitative estimate of drug-likeness (QED) is 0.616. The van der Waals surface area contributed by atoms with Gasteiger partial charge in [-0.25, -0.2) is 0 Å². The summed E-state index contributed by atoms with van der Waals surface area (Å²) in [5, 5.41) is 19.7. The summed E-state index contributed by atoms with van der Waals surface area (Å²) in [6.45, 7) is 0.467. The van der Waals surface area contributed by atoms with Gasteiger partial charge in [0.2, 0.25) is 0 Å². The molecule has 0 amide bonds. The number of aromatic nitrogens is 1. The zero-order valence-electron chi connectivity index (χ0n) is 10.5. The standard InChI is InChI=1S/C13H15N3O3/c14-7-11-6-12(16(18)19)9-15(13(11)17)8-10-4-2-1-3-5-10/h6,9-10H,1-5,8H2. The summed E-state index contributed by atoms with van der Waals surface area (Å²) in [6.07, 6.45) is 6.81. The molecular weight excluding hydrogens is 246 g/mol. The van der Waals surface area contributed by atoms with Crippen LogP contribution in [0, 0.1) is 27.4 Å². The molecule has 6 nitrogen and oxygen atoms in total. The van der Waals surface area contributed by atoms with Crippen LogP contribution >= 0.6 is 0 Å². The van der Waals surface area contributed by atoms with Crippen molar-refractivity contribution in [1.82, 2.24) is 4.57 Å². The van der Waals surface area contributed by atoms with E-state index in [1.54, 1.807) is 6.07 Å². The number of pyridine rings is 1. The number of nitrogens with zero attached hydrogens (tertiary/aromatic N) is 3. The second-order valence-corrected chi connectivity index (χ2v) is 4.94. The molecule has 1 aromatic rings. The largest absolute Gasteiger partial charge is 0.307 e. The van der Waals surface area contributed by atoms with Crippen LogP contribution in [0.25, 0.3) is 0 Å². The highest BCUT2D eigenvalue weighted by atomic mass is 16.6. The van der Waals surface area contributed by atoms with Crippen molar-refractivity contribution in [2.45, 2.75) is 38.6 Å². The zero-order chi connectivity index (χ0) is 13.8. The minimum atomic E-state index is -0.572. The first-order valence-corrected chi connectivity index (χ1v) is 6.41. The number of rotatable bonds is 3. The molecule has 0 aliphatic heterocycles. The van der Waals surface area contributed by atoms with Gasteiger partial charge in [0, 0.05) is 12.6 Å². The summed E-state index contributed by atoms with van der Waals surface area (Å²) in [5.41, 5.74) is -0.796. The van der Waals surface area contributed by atoms with Gasteiger partial charge in [-0.3, -0.25) is 14.9 Å². The van der Waals surface area contributed by atoms with Crippen LogP contribution in [0.4, 0.5) is 5.69 Å². The highest BCUT2D eigenvalue weighted by Crippen LogP contribution is 2.25. The van der Waals surface area contributed by atoms with Crippen molar-refractivity contribution in [1.29, 1.82) is 5.26 Å². The van der Waals surface area contributed by atoms with Crippen molar-refractivity contribution in [2.24, 2.45) is 5.92 Å². The summed E-state index contributed by atoms with van der Waals surface area (Å²) in [4.78, 5) is 22.2. The number of hydrogen-bond acceptors (Lipinski definition) is 4. The van der Waals surface area contributed by atoms with E-state index in [-0.39, 0.29) is 11.3 Å². The van der Waals surface area contributed by atoms with Gasteiger partial charge in [-0.15, -0.1) is 0 Å². The number of hydrogen-bond donors (Lipinski definition) is 0. The van der Waals surface area contributed by atoms with Crippen molar-refractivity contribution in [3.8, 4) is 6.07 Å². The van der Waals surface area contributed by atoms with Gasteiger partial charge >= 0.3 is 0 Å². The van der Waals surface area contributed by atoms with Gasteiger partial charge in [-0.2, -0.15) is 5.26 Å². The molecule has 1 heterocycles. The smallest absolute Gasteiger partial charge is 0.287 e. The molecule has 0 saturated heterocycles. The van der Waals surface area contributed by atoms with Crippen LogP contribution in [0.2, 0.25) is 0 Å². The molecular formula is C13H15N3O3. The van der Waals surface area contributed by atoms with Crippen LogP contribution in [0.5, 0.6) is 0 Å². The summed E-state index contributed by atoms with van der Waals surface area (Å²) < 4.78 is 1.33. The fourth-order valence-corrected chi connectivity index (χ4v) is 2.58. The van der Waals surface area contributed by atoms with Gasteiger partial charge in [0.25, 0.3) is 11.2 Å². The van der Waals surface area contributed by atoms with E-state index in [2.05, 4.69) is 0 Å². The molecule has 100 valence electrons. The summed E-state index contributed by atoms with van der Waals surface area (Å²) >= 11 is 0. The molecule has 19 heavy (non-hydrogen) atoms. The molecule has 1 aromatic heterocycles. The van der Waals surface area contributed by atoms with Crippen molar-refractivity contribution in [2.75, 3.05) is 0 Å². The maximum atomic E-state index is 12.0. The molecule has 0 bridgehead atoms. The molecule has 0 unspecified atom stereocenters. The molecule has 0 atom stereocenters. The maximum absolute atomic E-state index is 12.0. The minimum Gasteiger partial charge on any atom is -0.307 e. The fraction of sp³-hybridized carbons (Fsp3) is 0.538. The number of nitriles is 1. The predicted octanol–water partition coefficient (Wildman–Crippen LogP) is 2.21. The van der Waals surface area contributed by atoms with Crippen LogP contribution in [0.1, 0.15) is 37.7 Å². The van der Waals surface area contributed by atoms with E-state index in [4.69, 9.17) is 5.26 Å². The molecule has 0 N–H and O–H groups in total. The highest BCUT2D eigenvalue weighted by Gasteiger charge is 2.18. The lowest BCUT2D eigenvalue weighted by molar-refractivity contribution is -0.385. The van der Waals surface area contributed by atoms with E-state index in [1.807, 2.05) is 0 Å². The summed E-state index contributed by atoms with van der Waals surface area (Å²) in [7, 11) is 0. The molecule has 1 fully saturated rings. The Hall–Kier alpha value is -2.16. The molecule has 1 aliphatic rings. The van der Waals surface area contributed by atoms with Crippen LogP contribution in [0.3, 0.4) is 0 Å². The molecule has 0 aromatic carbocycles. The Kier molecular flexibility index (Phi) is 3.95. The Bertz CT molecular complexity index is 580. The normalized spacial score (nSPS) is 15.9. The molecule has 0 radical (unpaired) electrons. The van der Waals surface area contributed by atoms with Crippen molar-refractivity contribution in [3.05, 3.63) is 38.3 Å². The van der Waals surface area contributed by atoms with E-state index in [1.165, 1.54) is 17.2 Å². The molecule has 1 aliphatic carbocycles. The molecule has 0 spiro atoms. The predicted molar refractivity (Wildman–Crippen MR) is 68.6 cm³/mol. The first-order chi connectivity index (χ1) is 9.11. The second kappa shape index (κ2) is 5.65. The monoisotopic (exact) mass is 261 g/mol. The lowest BCUT2D eigenvalue weighted by Crippen LogP contribution is -2.26. The van der Waals surface area contributed by atoms with Crippen molar-refractivity contribution in [3.63, 3.8) is 0 Å². The Morgan fingerprint density at radius 2 is 2.11 bits per heavy atom. The highest BCUT2D eigenvalue weighted by molar-refractivity contribution is 5.37. The van der Waals surface area contributed by atoms with Gasteiger partial charge in [-0.05, 0) is 18.8 Å². The maximum Gasteiger partial charge on any atom is 0.287 e. The average Bonchev–Trinajstić information content (AvgIpc) is 2.42. The van der Waals surface area contributed by atoms with E-state index in [0.717, 1.165) is 31.7 Å². The van der Waals surface area contributed by atoms with Crippen LogP contribution in [-0.2, 0) is 6.54 Å². The van der Waals surface area contributed by atoms with Gasteiger partial charge < -0.3 is 4.57 Å². The van der Waals surface area contributed by atoms with E-state index in [9.17, 15) is 14.9 Å². The van der Waals surface area contributed by atoms with Crippen LogP contribution in [0.15, 0.2) is 17.1 Å². The van der Waals surface area contributed by atoms with Crippen molar-refractivity contribution < 1.29 is 4.92 Å². The van der Waals surface area contributed by atoms with E-state index >= 15 is 0 Å².